The molecule has 0 N–H and O–H groups in total. The van der Waals surface area contributed by atoms with E-state index in [-0.39, 0.29) is 5.91 Å². The molecule has 1 fully saturated rings. The molecule has 19 heavy (non-hydrogen) atoms. The minimum Gasteiger partial charge on any atom is -0.480 e. The number of ether oxygens (including phenoxy) is 1. The maximum atomic E-state index is 12.5. The van der Waals surface area contributed by atoms with Crippen LogP contribution in [-0.2, 0) is 0 Å². The first-order valence-corrected chi connectivity index (χ1v) is 6.70. The van der Waals surface area contributed by atoms with Gasteiger partial charge in [-0.3, -0.25) is 4.79 Å². The fourth-order valence-electron chi connectivity index (χ4n) is 2.86. The lowest BCUT2D eigenvalue weighted by Gasteiger charge is -2.43. The van der Waals surface area contributed by atoms with Gasteiger partial charge in [-0.15, -0.1) is 0 Å². The van der Waals surface area contributed by atoms with Crippen LogP contribution < -0.4 is 4.74 Å². The summed E-state index contributed by atoms with van der Waals surface area (Å²) >= 11 is 0. The van der Waals surface area contributed by atoms with Crippen LogP contribution in [0.25, 0.3) is 0 Å². The van der Waals surface area contributed by atoms with E-state index in [1.165, 1.54) is 6.42 Å². The molecule has 1 aromatic heterocycles. The van der Waals surface area contributed by atoms with Crippen LogP contribution >= 0.6 is 0 Å². The van der Waals surface area contributed by atoms with Crippen LogP contribution in [0.1, 0.15) is 29.6 Å². The van der Waals surface area contributed by atoms with Gasteiger partial charge in [-0.05, 0) is 36.8 Å². The molecule has 1 saturated heterocycles. The van der Waals surface area contributed by atoms with Gasteiger partial charge in [0.1, 0.15) is 5.56 Å². The Labute approximate surface area is 113 Å². The molecule has 3 rings (SSSR count). The molecule has 0 saturated carbocycles. The van der Waals surface area contributed by atoms with Gasteiger partial charge < -0.3 is 9.64 Å². The van der Waals surface area contributed by atoms with Gasteiger partial charge in [-0.25, -0.2) is 4.98 Å². The number of hydrogen-bond acceptors (Lipinski definition) is 3. The lowest BCUT2D eigenvalue weighted by Crippen LogP contribution is -2.44. The van der Waals surface area contributed by atoms with E-state index in [2.05, 4.69) is 17.1 Å². The molecule has 1 aromatic rings. The van der Waals surface area contributed by atoms with E-state index in [0.717, 1.165) is 25.9 Å². The van der Waals surface area contributed by atoms with Crippen molar-refractivity contribution in [3.05, 3.63) is 36.0 Å². The molecule has 4 nitrogen and oxygen atoms in total. The smallest absolute Gasteiger partial charge is 0.259 e. The zero-order valence-electron chi connectivity index (χ0n) is 11.1. The van der Waals surface area contributed by atoms with E-state index in [1.807, 2.05) is 4.90 Å². The zero-order valence-corrected chi connectivity index (χ0v) is 11.1. The predicted molar refractivity (Wildman–Crippen MR) is 72.1 cm³/mol. The first kappa shape index (κ1) is 12.2. The first-order chi connectivity index (χ1) is 9.24. The second-order valence-electron chi connectivity index (χ2n) is 5.32. The number of methoxy groups -OCH3 is 1. The molecule has 0 bridgehead atoms. The number of likely N-dealkylation sites (tertiary alicyclic amines) is 1. The Kier molecular flexibility index (Phi) is 3.01. The highest BCUT2D eigenvalue weighted by molar-refractivity contribution is 5.96. The number of rotatable bonds is 2. The SMILES string of the molecule is COc1ncccc1C(=O)N1CCC2(C=CC2)CC1. The average molecular weight is 258 g/mol. The Morgan fingerprint density at radius 1 is 1.42 bits per heavy atom. The van der Waals surface area contributed by atoms with Crippen LogP contribution in [-0.4, -0.2) is 36.0 Å². The molecule has 4 heteroatoms. The molecular formula is C15H18N2O2. The average Bonchev–Trinajstić information content (AvgIpc) is 2.45. The maximum Gasteiger partial charge on any atom is 0.259 e. The topological polar surface area (TPSA) is 42.4 Å². The first-order valence-electron chi connectivity index (χ1n) is 6.70. The number of nitrogens with zero attached hydrogens (tertiary/aromatic N) is 2. The molecular weight excluding hydrogens is 240 g/mol. The molecule has 2 aliphatic rings. The van der Waals surface area contributed by atoms with Gasteiger partial charge in [0, 0.05) is 19.3 Å². The summed E-state index contributed by atoms with van der Waals surface area (Å²) in [5.74, 6) is 0.444. The van der Waals surface area contributed by atoms with Gasteiger partial charge in [-0.1, -0.05) is 12.2 Å². The number of aromatic nitrogens is 1. The van der Waals surface area contributed by atoms with Gasteiger partial charge in [0.05, 0.1) is 7.11 Å². The van der Waals surface area contributed by atoms with Crippen LogP contribution in [0.5, 0.6) is 5.88 Å². The highest BCUT2D eigenvalue weighted by atomic mass is 16.5. The number of pyridine rings is 1. The van der Waals surface area contributed by atoms with E-state index >= 15 is 0 Å². The molecule has 0 atom stereocenters. The quantitative estimate of drug-likeness (QED) is 0.764. The number of allylic oxidation sites excluding steroid dienone is 2. The fraction of sp³-hybridized carbons (Fsp3) is 0.467. The molecule has 2 heterocycles. The fourth-order valence-corrected chi connectivity index (χ4v) is 2.86. The number of amides is 1. The van der Waals surface area contributed by atoms with Crippen LogP contribution in [0.4, 0.5) is 0 Å². The largest absolute Gasteiger partial charge is 0.480 e. The Hall–Kier alpha value is -1.84. The molecule has 1 spiro atoms. The highest BCUT2D eigenvalue weighted by Crippen LogP contribution is 2.43. The third-order valence-electron chi connectivity index (χ3n) is 4.24. The second-order valence-corrected chi connectivity index (χ2v) is 5.32. The van der Waals surface area contributed by atoms with Gasteiger partial charge in [0.25, 0.3) is 5.91 Å². The Bertz CT molecular complexity index is 517. The number of carbonyl (C=O) groups is 1. The molecule has 1 aliphatic carbocycles. The number of carbonyl (C=O) groups excluding carboxylic acids is 1. The summed E-state index contributed by atoms with van der Waals surface area (Å²) in [4.78, 5) is 18.5. The van der Waals surface area contributed by atoms with Crippen LogP contribution in [0.15, 0.2) is 30.5 Å². The second kappa shape index (κ2) is 4.68. The third kappa shape index (κ3) is 2.11. The van der Waals surface area contributed by atoms with Crippen molar-refractivity contribution in [2.75, 3.05) is 20.2 Å². The van der Waals surface area contributed by atoms with E-state index in [1.54, 1.807) is 25.4 Å². The third-order valence-corrected chi connectivity index (χ3v) is 4.24. The van der Waals surface area contributed by atoms with Crippen molar-refractivity contribution in [1.29, 1.82) is 0 Å². The van der Waals surface area contributed by atoms with E-state index in [4.69, 9.17) is 4.74 Å². The van der Waals surface area contributed by atoms with Gasteiger partial charge in [0.2, 0.25) is 5.88 Å². The summed E-state index contributed by atoms with van der Waals surface area (Å²) in [6.45, 7) is 1.64. The minimum atomic E-state index is 0.0307. The lowest BCUT2D eigenvalue weighted by molar-refractivity contribution is 0.0622. The Morgan fingerprint density at radius 2 is 2.16 bits per heavy atom. The highest BCUT2D eigenvalue weighted by Gasteiger charge is 2.37. The standard InChI is InChI=1S/C15H18N2O2/c1-19-13-12(4-2-9-16-13)14(18)17-10-7-15(8-11-17)5-3-6-15/h2-5,9H,6-8,10-11H2,1H3. The van der Waals surface area contributed by atoms with Crippen molar-refractivity contribution in [3.63, 3.8) is 0 Å². The van der Waals surface area contributed by atoms with Gasteiger partial charge in [-0.2, -0.15) is 0 Å². The normalized spacial score (nSPS) is 20.2. The Balaban J connectivity index is 1.72. The van der Waals surface area contributed by atoms with E-state index < -0.39 is 0 Å². The summed E-state index contributed by atoms with van der Waals surface area (Å²) in [5, 5.41) is 0. The van der Waals surface area contributed by atoms with Crippen molar-refractivity contribution in [3.8, 4) is 5.88 Å². The van der Waals surface area contributed by atoms with Crippen LogP contribution in [0.3, 0.4) is 0 Å². The number of hydrogen-bond donors (Lipinski definition) is 0. The zero-order chi connectivity index (χ0) is 13.3. The van der Waals surface area contributed by atoms with Crippen molar-refractivity contribution in [2.24, 2.45) is 5.41 Å². The Morgan fingerprint density at radius 3 is 2.74 bits per heavy atom. The lowest BCUT2D eigenvalue weighted by atomic mass is 9.69. The summed E-state index contributed by atoms with van der Waals surface area (Å²) in [7, 11) is 1.55. The van der Waals surface area contributed by atoms with Crippen molar-refractivity contribution in [2.45, 2.75) is 19.3 Å². The summed E-state index contributed by atoms with van der Waals surface area (Å²) < 4.78 is 5.16. The molecule has 1 amide bonds. The minimum absolute atomic E-state index is 0.0307. The maximum absolute atomic E-state index is 12.5. The van der Waals surface area contributed by atoms with Crippen molar-refractivity contribution < 1.29 is 9.53 Å². The summed E-state index contributed by atoms with van der Waals surface area (Å²) in [6, 6.07) is 3.55. The van der Waals surface area contributed by atoms with Gasteiger partial charge in [0.15, 0.2) is 0 Å². The molecule has 0 unspecified atom stereocenters. The van der Waals surface area contributed by atoms with Gasteiger partial charge >= 0.3 is 0 Å². The van der Waals surface area contributed by atoms with E-state index in [9.17, 15) is 4.79 Å². The number of piperidine rings is 1. The molecule has 0 aromatic carbocycles. The predicted octanol–water partition coefficient (Wildman–Crippen LogP) is 2.27. The monoisotopic (exact) mass is 258 g/mol. The summed E-state index contributed by atoms with van der Waals surface area (Å²) in [6.07, 6.45) is 9.47. The van der Waals surface area contributed by atoms with Crippen molar-refractivity contribution >= 4 is 5.91 Å². The molecule has 0 radical (unpaired) electrons. The van der Waals surface area contributed by atoms with E-state index in [0.29, 0.717) is 16.9 Å². The van der Waals surface area contributed by atoms with Crippen molar-refractivity contribution in [1.82, 2.24) is 9.88 Å². The molecule has 100 valence electrons. The molecule has 1 aliphatic heterocycles. The van der Waals surface area contributed by atoms with Crippen LogP contribution in [0.2, 0.25) is 0 Å². The summed E-state index contributed by atoms with van der Waals surface area (Å²) in [5.41, 5.74) is 0.945. The van der Waals surface area contributed by atoms with Crippen LogP contribution in [0, 0.1) is 5.41 Å².